The zero-order valence-corrected chi connectivity index (χ0v) is 16.8. The molecular weight excluding hydrogens is 379 g/mol. The molecule has 1 aliphatic rings. The van der Waals surface area contributed by atoms with E-state index < -0.39 is 0 Å². The van der Waals surface area contributed by atoms with Gasteiger partial charge in [-0.05, 0) is 48.4 Å². The van der Waals surface area contributed by atoms with Crippen LogP contribution in [0.2, 0.25) is 0 Å². The fraction of sp³-hybridized carbons (Fsp3) is 0.333. The number of hydrogen-bond donors (Lipinski definition) is 0. The number of nitrogens with zero attached hydrogens (tertiary/aromatic N) is 2. The minimum absolute atomic E-state index is 0.0357. The second-order valence-corrected chi connectivity index (χ2v) is 9.07. The summed E-state index contributed by atoms with van der Waals surface area (Å²) < 4.78 is 14.8. The number of hydrogen-bond acceptors (Lipinski definition) is 4. The predicted octanol–water partition coefficient (Wildman–Crippen LogP) is 5.20. The fourth-order valence-electron chi connectivity index (χ4n) is 3.53. The summed E-state index contributed by atoms with van der Waals surface area (Å²) >= 11 is 3.18. The minimum Gasteiger partial charge on any atom is -0.283 e. The van der Waals surface area contributed by atoms with Gasteiger partial charge in [0.05, 0.1) is 5.39 Å². The SMILES string of the molecule is C=CCn1c(SCc2ccc(F)cc2)nc2sc3c(c2c1=O)CCC(C)C3. The summed E-state index contributed by atoms with van der Waals surface area (Å²) in [6.07, 6.45) is 4.86. The third kappa shape index (κ3) is 3.60. The maximum atomic E-state index is 13.2. The maximum absolute atomic E-state index is 13.2. The molecule has 1 unspecified atom stereocenters. The van der Waals surface area contributed by atoms with Crippen molar-refractivity contribution in [3.8, 4) is 0 Å². The number of thioether (sulfide) groups is 1. The number of halogens is 1. The molecule has 1 aromatic carbocycles. The number of benzene rings is 1. The van der Waals surface area contributed by atoms with Gasteiger partial charge in [-0.3, -0.25) is 9.36 Å². The van der Waals surface area contributed by atoms with Gasteiger partial charge in [0.2, 0.25) is 0 Å². The van der Waals surface area contributed by atoms with Crippen molar-refractivity contribution in [2.75, 3.05) is 0 Å². The van der Waals surface area contributed by atoms with Crippen LogP contribution in [0.3, 0.4) is 0 Å². The Morgan fingerprint density at radius 2 is 2.19 bits per heavy atom. The van der Waals surface area contributed by atoms with E-state index >= 15 is 0 Å². The summed E-state index contributed by atoms with van der Waals surface area (Å²) in [5.41, 5.74) is 2.24. The first-order valence-corrected chi connectivity index (χ1v) is 10.9. The highest BCUT2D eigenvalue weighted by Crippen LogP contribution is 2.36. The lowest BCUT2D eigenvalue weighted by Gasteiger charge is -2.17. The molecule has 0 spiro atoms. The monoisotopic (exact) mass is 400 g/mol. The highest BCUT2D eigenvalue weighted by atomic mass is 32.2. The van der Waals surface area contributed by atoms with Crippen LogP contribution in [0.5, 0.6) is 0 Å². The first kappa shape index (κ1) is 18.4. The van der Waals surface area contributed by atoms with Crippen molar-refractivity contribution in [2.45, 2.75) is 43.6 Å². The van der Waals surface area contributed by atoms with Gasteiger partial charge >= 0.3 is 0 Å². The van der Waals surface area contributed by atoms with Gasteiger partial charge in [0.15, 0.2) is 5.16 Å². The Bertz CT molecular complexity index is 1050. The third-order valence-corrected chi connectivity index (χ3v) is 7.17. The average Bonchev–Trinajstić information content (AvgIpc) is 3.01. The van der Waals surface area contributed by atoms with Crippen LogP contribution < -0.4 is 5.56 Å². The molecule has 1 atom stereocenters. The van der Waals surface area contributed by atoms with E-state index in [0.717, 1.165) is 35.0 Å². The Morgan fingerprint density at radius 3 is 2.93 bits per heavy atom. The van der Waals surface area contributed by atoms with E-state index in [1.54, 1.807) is 34.1 Å². The molecular formula is C21H21FN2OS2. The van der Waals surface area contributed by atoms with E-state index in [1.807, 2.05) is 0 Å². The summed E-state index contributed by atoms with van der Waals surface area (Å²) in [6, 6.07) is 6.44. The van der Waals surface area contributed by atoms with Crippen LogP contribution >= 0.6 is 23.1 Å². The number of rotatable bonds is 5. The summed E-state index contributed by atoms with van der Waals surface area (Å²) in [5, 5.41) is 1.50. The molecule has 0 N–H and O–H groups in total. The molecule has 6 heteroatoms. The van der Waals surface area contributed by atoms with Crippen LogP contribution in [0.25, 0.3) is 10.2 Å². The average molecular weight is 401 g/mol. The summed E-state index contributed by atoms with van der Waals surface area (Å²) in [6.45, 7) is 6.50. The first-order valence-electron chi connectivity index (χ1n) is 9.10. The van der Waals surface area contributed by atoms with Crippen molar-refractivity contribution in [1.29, 1.82) is 0 Å². The Kier molecular flexibility index (Phi) is 5.19. The number of aromatic nitrogens is 2. The van der Waals surface area contributed by atoms with E-state index in [4.69, 9.17) is 4.98 Å². The van der Waals surface area contributed by atoms with Crippen LogP contribution in [0, 0.1) is 11.7 Å². The molecule has 0 amide bonds. The Labute approximate surface area is 165 Å². The largest absolute Gasteiger partial charge is 0.283 e. The van der Waals surface area contributed by atoms with Gasteiger partial charge in [-0.1, -0.05) is 36.9 Å². The quantitative estimate of drug-likeness (QED) is 0.335. The van der Waals surface area contributed by atoms with Crippen molar-refractivity contribution >= 4 is 33.3 Å². The lowest BCUT2D eigenvalue weighted by Crippen LogP contribution is -2.23. The van der Waals surface area contributed by atoms with Crippen molar-refractivity contribution in [2.24, 2.45) is 5.92 Å². The normalized spacial score (nSPS) is 16.4. The van der Waals surface area contributed by atoms with E-state index in [9.17, 15) is 9.18 Å². The molecule has 3 aromatic rings. The molecule has 0 fully saturated rings. The molecule has 0 aliphatic heterocycles. The predicted molar refractivity (Wildman–Crippen MR) is 111 cm³/mol. The van der Waals surface area contributed by atoms with Gasteiger partial charge in [0.25, 0.3) is 5.56 Å². The van der Waals surface area contributed by atoms with E-state index in [1.165, 1.54) is 34.3 Å². The highest BCUT2D eigenvalue weighted by Gasteiger charge is 2.24. The van der Waals surface area contributed by atoms with Gasteiger partial charge in [0.1, 0.15) is 10.6 Å². The second kappa shape index (κ2) is 7.60. The van der Waals surface area contributed by atoms with Gasteiger partial charge in [-0.15, -0.1) is 17.9 Å². The molecule has 3 nitrogen and oxygen atoms in total. The van der Waals surface area contributed by atoms with Crippen molar-refractivity contribution in [3.05, 3.63) is 69.1 Å². The third-order valence-electron chi connectivity index (χ3n) is 4.97. The molecule has 4 rings (SSSR count). The Morgan fingerprint density at radius 1 is 1.41 bits per heavy atom. The molecule has 1 aliphatic carbocycles. The van der Waals surface area contributed by atoms with Crippen LogP contribution in [-0.4, -0.2) is 9.55 Å². The molecule has 0 saturated heterocycles. The zero-order chi connectivity index (χ0) is 19.0. The zero-order valence-electron chi connectivity index (χ0n) is 15.2. The lowest BCUT2D eigenvalue weighted by atomic mass is 9.89. The molecule has 2 aromatic heterocycles. The van der Waals surface area contributed by atoms with Gasteiger partial charge < -0.3 is 0 Å². The highest BCUT2D eigenvalue weighted by molar-refractivity contribution is 7.98. The maximum Gasteiger partial charge on any atom is 0.263 e. The van der Waals surface area contributed by atoms with Crippen molar-refractivity contribution < 1.29 is 4.39 Å². The number of aryl methyl sites for hydroxylation is 1. The van der Waals surface area contributed by atoms with E-state index in [2.05, 4.69) is 13.5 Å². The van der Waals surface area contributed by atoms with E-state index in [-0.39, 0.29) is 11.4 Å². The van der Waals surface area contributed by atoms with Gasteiger partial charge in [0, 0.05) is 17.2 Å². The van der Waals surface area contributed by atoms with E-state index in [0.29, 0.717) is 23.4 Å². The Balaban J connectivity index is 1.75. The lowest BCUT2D eigenvalue weighted by molar-refractivity contribution is 0.509. The van der Waals surface area contributed by atoms with Crippen LogP contribution in [0.15, 0.2) is 46.9 Å². The smallest absolute Gasteiger partial charge is 0.263 e. The van der Waals surface area contributed by atoms with Gasteiger partial charge in [-0.25, -0.2) is 9.37 Å². The molecule has 2 heterocycles. The number of allylic oxidation sites excluding steroid dienone is 1. The molecule has 0 bridgehead atoms. The van der Waals surface area contributed by atoms with Crippen LogP contribution in [0.4, 0.5) is 4.39 Å². The first-order chi connectivity index (χ1) is 13.1. The molecule has 27 heavy (non-hydrogen) atoms. The minimum atomic E-state index is -0.245. The van der Waals surface area contributed by atoms with Crippen molar-refractivity contribution in [1.82, 2.24) is 9.55 Å². The molecule has 140 valence electrons. The number of thiophene rings is 1. The summed E-state index contributed by atoms with van der Waals surface area (Å²) in [4.78, 5) is 20.2. The summed E-state index contributed by atoms with van der Waals surface area (Å²) in [7, 11) is 0. The topological polar surface area (TPSA) is 34.9 Å². The summed E-state index contributed by atoms with van der Waals surface area (Å²) in [5.74, 6) is 1.05. The molecule has 0 saturated carbocycles. The second-order valence-electron chi connectivity index (χ2n) is 7.05. The van der Waals surface area contributed by atoms with Crippen LogP contribution in [0.1, 0.15) is 29.3 Å². The number of fused-ring (bicyclic) bond motifs is 3. The van der Waals surface area contributed by atoms with Gasteiger partial charge in [-0.2, -0.15) is 0 Å². The van der Waals surface area contributed by atoms with Crippen molar-refractivity contribution in [3.63, 3.8) is 0 Å². The standard InChI is InChI=1S/C21H21FN2OS2/c1-3-10-24-20(25)18-16-9-4-13(2)11-17(16)27-19(18)23-21(24)26-12-14-5-7-15(22)8-6-14/h3,5-8,13H,1,4,9-12H2,2H3. The van der Waals surface area contributed by atoms with Crippen LogP contribution in [-0.2, 0) is 25.1 Å². The molecule has 0 radical (unpaired) electrons. The Hall–Kier alpha value is -1.92. The fourth-order valence-corrected chi connectivity index (χ4v) is 5.92.